The number of nitrogens with one attached hydrogen (secondary N) is 1. The van der Waals surface area contributed by atoms with Crippen LogP contribution in [0.5, 0.6) is 5.75 Å². The lowest BCUT2D eigenvalue weighted by Crippen LogP contribution is -2.31. The quantitative estimate of drug-likeness (QED) is 0.558. The van der Waals surface area contributed by atoms with Gasteiger partial charge in [0, 0.05) is 12.6 Å². The van der Waals surface area contributed by atoms with E-state index < -0.39 is 6.10 Å². The van der Waals surface area contributed by atoms with Crippen molar-refractivity contribution in [3.63, 3.8) is 0 Å². The molecule has 0 amide bonds. The maximum Gasteiger partial charge on any atom is 0.115 e. The van der Waals surface area contributed by atoms with Gasteiger partial charge in [-0.25, -0.2) is 0 Å². The number of aliphatic hydroxyl groups is 1. The van der Waals surface area contributed by atoms with Crippen LogP contribution >= 0.6 is 0 Å². The molecule has 0 saturated carbocycles. The van der Waals surface area contributed by atoms with Gasteiger partial charge in [-0.15, -0.1) is 0 Å². The molecule has 0 radical (unpaired) electrons. The zero-order valence-corrected chi connectivity index (χ0v) is 7.49. The van der Waals surface area contributed by atoms with Gasteiger partial charge in [-0.05, 0) is 30.2 Å². The second-order valence-corrected chi connectivity index (χ2v) is 3.46. The van der Waals surface area contributed by atoms with Crippen molar-refractivity contribution in [2.24, 2.45) is 0 Å². The van der Waals surface area contributed by atoms with Gasteiger partial charge in [0.2, 0.25) is 0 Å². The van der Waals surface area contributed by atoms with E-state index in [0.29, 0.717) is 6.54 Å². The minimum absolute atomic E-state index is 0.215. The van der Waals surface area contributed by atoms with Crippen molar-refractivity contribution in [3.8, 4) is 5.75 Å². The molecular weight excluding hydrogens is 166 g/mol. The SMILES string of the molecule is CC1NCC(O)c2cc(O)ccc21. The summed E-state index contributed by atoms with van der Waals surface area (Å²) >= 11 is 0. The second-order valence-electron chi connectivity index (χ2n) is 3.46. The van der Waals surface area contributed by atoms with Crippen molar-refractivity contribution in [3.05, 3.63) is 29.3 Å². The first-order valence-electron chi connectivity index (χ1n) is 4.43. The molecule has 0 spiro atoms. The first kappa shape index (κ1) is 8.53. The van der Waals surface area contributed by atoms with Gasteiger partial charge in [-0.2, -0.15) is 0 Å². The predicted molar refractivity (Wildman–Crippen MR) is 49.5 cm³/mol. The largest absolute Gasteiger partial charge is 0.508 e. The van der Waals surface area contributed by atoms with Crippen molar-refractivity contribution >= 4 is 0 Å². The van der Waals surface area contributed by atoms with Crippen molar-refractivity contribution in [2.45, 2.75) is 19.1 Å². The first-order valence-corrected chi connectivity index (χ1v) is 4.43. The maximum absolute atomic E-state index is 9.63. The van der Waals surface area contributed by atoms with Gasteiger partial charge in [0.15, 0.2) is 0 Å². The molecule has 2 unspecified atom stereocenters. The number of aromatic hydroxyl groups is 1. The Kier molecular flexibility index (Phi) is 1.98. The van der Waals surface area contributed by atoms with Crippen LogP contribution in [-0.4, -0.2) is 16.8 Å². The summed E-state index contributed by atoms with van der Waals surface area (Å²) in [6.45, 7) is 2.60. The third-order valence-electron chi connectivity index (χ3n) is 2.51. The fourth-order valence-corrected chi connectivity index (χ4v) is 1.75. The molecule has 1 aliphatic rings. The fourth-order valence-electron chi connectivity index (χ4n) is 1.75. The standard InChI is InChI=1S/C10H13NO2/c1-6-8-3-2-7(12)4-9(8)10(13)5-11-6/h2-4,6,10-13H,5H2,1H3. The molecule has 13 heavy (non-hydrogen) atoms. The summed E-state index contributed by atoms with van der Waals surface area (Å²) in [5.41, 5.74) is 1.91. The van der Waals surface area contributed by atoms with Gasteiger partial charge < -0.3 is 15.5 Å². The van der Waals surface area contributed by atoms with Crippen LogP contribution in [0.1, 0.15) is 30.2 Å². The molecule has 0 aliphatic carbocycles. The van der Waals surface area contributed by atoms with E-state index in [2.05, 4.69) is 5.32 Å². The highest BCUT2D eigenvalue weighted by Gasteiger charge is 2.22. The fraction of sp³-hybridized carbons (Fsp3) is 0.400. The zero-order valence-electron chi connectivity index (χ0n) is 7.49. The second kappa shape index (κ2) is 3.01. The molecule has 1 aromatic rings. The van der Waals surface area contributed by atoms with Crippen LogP contribution in [0.4, 0.5) is 0 Å². The van der Waals surface area contributed by atoms with Crippen LogP contribution in [0.25, 0.3) is 0 Å². The third kappa shape index (κ3) is 1.41. The molecule has 70 valence electrons. The average molecular weight is 179 g/mol. The monoisotopic (exact) mass is 179 g/mol. The van der Waals surface area contributed by atoms with Gasteiger partial charge in [0.25, 0.3) is 0 Å². The van der Waals surface area contributed by atoms with E-state index in [4.69, 9.17) is 0 Å². The lowest BCUT2D eigenvalue weighted by Gasteiger charge is -2.27. The van der Waals surface area contributed by atoms with E-state index in [1.807, 2.05) is 13.0 Å². The van der Waals surface area contributed by atoms with Crippen LogP contribution in [0, 0.1) is 0 Å². The van der Waals surface area contributed by atoms with E-state index in [-0.39, 0.29) is 11.8 Å². The predicted octanol–water partition coefficient (Wildman–Crippen LogP) is 1.09. The summed E-state index contributed by atoms with van der Waals surface area (Å²) in [5, 5.41) is 22.1. The Labute approximate surface area is 77.0 Å². The number of aliphatic hydroxyl groups excluding tert-OH is 1. The van der Waals surface area contributed by atoms with Gasteiger partial charge in [-0.3, -0.25) is 0 Å². The van der Waals surface area contributed by atoms with Gasteiger partial charge >= 0.3 is 0 Å². The van der Waals surface area contributed by atoms with Crippen LogP contribution < -0.4 is 5.32 Å². The Hall–Kier alpha value is -1.06. The highest BCUT2D eigenvalue weighted by Crippen LogP contribution is 2.30. The summed E-state index contributed by atoms with van der Waals surface area (Å²) in [5.74, 6) is 0.215. The van der Waals surface area contributed by atoms with E-state index in [1.165, 1.54) is 0 Å². The summed E-state index contributed by atoms with van der Waals surface area (Å²) in [6.07, 6.45) is -0.502. The smallest absolute Gasteiger partial charge is 0.115 e. The number of β-amino-alcohol motifs (C(OH)–C–C–N with tert-alkyl or cyclic N) is 1. The van der Waals surface area contributed by atoms with Crippen molar-refractivity contribution < 1.29 is 10.2 Å². The molecule has 0 aromatic heterocycles. The van der Waals surface area contributed by atoms with E-state index >= 15 is 0 Å². The maximum atomic E-state index is 9.63. The molecule has 0 fully saturated rings. The summed E-state index contributed by atoms with van der Waals surface area (Å²) < 4.78 is 0. The Morgan fingerprint density at radius 1 is 1.38 bits per heavy atom. The normalized spacial score (nSPS) is 26.9. The molecule has 0 bridgehead atoms. The summed E-state index contributed by atoms with van der Waals surface area (Å²) in [4.78, 5) is 0. The molecular formula is C10H13NO2. The number of rotatable bonds is 0. The van der Waals surface area contributed by atoms with Crippen LogP contribution in [-0.2, 0) is 0 Å². The number of hydrogen-bond acceptors (Lipinski definition) is 3. The molecule has 1 aliphatic heterocycles. The topological polar surface area (TPSA) is 52.5 Å². The third-order valence-corrected chi connectivity index (χ3v) is 2.51. The van der Waals surface area contributed by atoms with Gasteiger partial charge in [-0.1, -0.05) is 6.07 Å². The van der Waals surface area contributed by atoms with Crippen LogP contribution in [0.3, 0.4) is 0 Å². The molecule has 1 aromatic carbocycles. The lowest BCUT2D eigenvalue weighted by molar-refractivity contribution is 0.158. The van der Waals surface area contributed by atoms with E-state index in [1.54, 1.807) is 12.1 Å². The molecule has 3 nitrogen and oxygen atoms in total. The van der Waals surface area contributed by atoms with Gasteiger partial charge in [0.05, 0.1) is 6.10 Å². The number of hydrogen-bond donors (Lipinski definition) is 3. The minimum atomic E-state index is -0.502. The molecule has 3 N–H and O–H groups in total. The summed E-state index contributed by atoms with van der Waals surface area (Å²) in [7, 11) is 0. The van der Waals surface area contributed by atoms with E-state index in [0.717, 1.165) is 11.1 Å². The number of phenolic OH excluding ortho intramolecular Hbond substituents is 1. The Morgan fingerprint density at radius 3 is 2.92 bits per heavy atom. The van der Waals surface area contributed by atoms with E-state index in [9.17, 15) is 10.2 Å². The highest BCUT2D eigenvalue weighted by molar-refractivity contribution is 5.39. The lowest BCUT2D eigenvalue weighted by atomic mass is 9.93. The van der Waals surface area contributed by atoms with Crippen molar-refractivity contribution in [2.75, 3.05) is 6.54 Å². The Bertz CT molecular complexity index is 325. The molecule has 3 heteroatoms. The summed E-state index contributed by atoms with van der Waals surface area (Å²) in [6, 6.07) is 5.39. The van der Waals surface area contributed by atoms with Crippen molar-refractivity contribution in [1.29, 1.82) is 0 Å². The molecule has 2 atom stereocenters. The van der Waals surface area contributed by atoms with Gasteiger partial charge in [0.1, 0.15) is 5.75 Å². The Morgan fingerprint density at radius 2 is 2.15 bits per heavy atom. The number of phenols is 1. The minimum Gasteiger partial charge on any atom is -0.508 e. The zero-order chi connectivity index (χ0) is 9.42. The average Bonchev–Trinajstić information content (AvgIpc) is 2.12. The number of fused-ring (bicyclic) bond motifs is 1. The number of benzene rings is 1. The van der Waals surface area contributed by atoms with Crippen LogP contribution in [0.2, 0.25) is 0 Å². The van der Waals surface area contributed by atoms with Crippen molar-refractivity contribution in [1.82, 2.24) is 5.32 Å². The molecule has 0 saturated heterocycles. The molecule has 2 rings (SSSR count). The first-order chi connectivity index (χ1) is 6.18. The highest BCUT2D eigenvalue weighted by atomic mass is 16.3. The van der Waals surface area contributed by atoms with Crippen LogP contribution in [0.15, 0.2) is 18.2 Å². The molecule has 1 heterocycles. The Balaban J connectivity index is 2.50.